The molecule has 1 aromatic rings. The van der Waals surface area contributed by atoms with E-state index in [0.29, 0.717) is 6.04 Å². The van der Waals surface area contributed by atoms with Gasteiger partial charge in [-0.3, -0.25) is 0 Å². The number of rotatable bonds is 3. The van der Waals surface area contributed by atoms with Gasteiger partial charge in [0, 0.05) is 29.9 Å². The lowest BCUT2D eigenvalue weighted by molar-refractivity contribution is 0.601. The third-order valence-electron chi connectivity index (χ3n) is 3.71. The second-order valence-corrected chi connectivity index (χ2v) is 5.04. The Morgan fingerprint density at radius 2 is 2.21 bits per heavy atom. The van der Waals surface area contributed by atoms with Crippen molar-refractivity contribution in [2.24, 2.45) is 7.05 Å². The van der Waals surface area contributed by atoms with Crippen LogP contribution >= 0.6 is 0 Å². The summed E-state index contributed by atoms with van der Waals surface area (Å²) in [6.07, 6.45) is 14.7. The topological polar surface area (TPSA) is 17.0 Å². The van der Waals surface area contributed by atoms with Crippen LogP contribution in [0.5, 0.6) is 0 Å². The summed E-state index contributed by atoms with van der Waals surface area (Å²) in [5, 5.41) is 6.29. The van der Waals surface area contributed by atoms with Gasteiger partial charge in [-0.05, 0) is 45.2 Å². The minimum Gasteiger partial charge on any atom is -0.351 e. The molecule has 1 saturated heterocycles. The Morgan fingerprint density at radius 1 is 1.42 bits per heavy atom. The molecular formula is C17H28N2. The first kappa shape index (κ1) is 15.8. The van der Waals surface area contributed by atoms with Gasteiger partial charge in [0.25, 0.3) is 0 Å². The lowest BCUT2D eigenvalue weighted by atomic mass is 10.1. The third-order valence-corrected chi connectivity index (χ3v) is 3.71. The molecule has 0 bridgehead atoms. The molecule has 2 heteroatoms. The lowest BCUT2D eigenvalue weighted by Crippen LogP contribution is -2.31. The minimum atomic E-state index is 0. The molecule has 1 N–H and O–H groups in total. The van der Waals surface area contributed by atoms with Crippen molar-refractivity contribution in [3.8, 4) is 0 Å². The van der Waals surface area contributed by atoms with Crippen LogP contribution in [0.1, 0.15) is 39.7 Å². The van der Waals surface area contributed by atoms with Crippen molar-refractivity contribution < 1.29 is 0 Å². The average molecular weight is 260 g/mol. The molecule has 1 aliphatic rings. The summed E-state index contributed by atoms with van der Waals surface area (Å²) in [5.41, 5.74) is 1.46. The molecule has 1 aliphatic heterocycles. The van der Waals surface area contributed by atoms with E-state index in [1.54, 1.807) is 0 Å². The molecule has 19 heavy (non-hydrogen) atoms. The zero-order valence-corrected chi connectivity index (χ0v) is 11.7. The molecule has 0 spiro atoms. The highest BCUT2D eigenvalue weighted by Crippen LogP contribution is 2.09. The van der Waals surface area contributed by atoms with Crippen molar-refractivity contribution in [1.82, 2.24) is 9.88 Å². The SMILES string of the molecule is C.C\C=C/C=c1/c(CC2CCCN2)cn(C)/c1=C/C. The van der Waals surface area contributed by atoms with E-state index in [4.69, 9.17) is 0 Å². The molecule has 0 saturated carbocycles. The predicted octanol–water partition coefficient (Wildman–Crippen LogP) is 2.11. The summed E-state index contributed by atoms with van der Waals surface area (Å²) in [4.78, 5) is 0. The molecule has 0 radical (unpaired) electrons. The van der Waals surface area contributed by atoms with Crippen LogP contribution in [0.25, 0.3) is 12.2 Å². The first-order chi connectivity index (χ1) is 8.76. The van der Waals surface area contributed by atoms with Crippen molar-refractivity contribution in [1.29, 1.82) is 0 Å². The Balaban J connectivity index is 0.00000180. The molecule has 1 aromatic heterocycles. The van der Waals surface area contributed by atoms with Crippen LogP contribution in [0.3, 0.4) is 0 Å². The Labute approximate surface area is 117 Å². The van der Waals surface area contributed by atoms with Gasteiger partial charge in [0.2, 0.25) is 0 Å². The largest absolute Gasteiger partial charge is 0.351 e. The lowest BCUT2D eigenvalue weighted by Gasteiger charge is -2.08. The number of nitrogens with one attached hydrogen (secondary N) is 1. The Morgan fingerprint density at radius 3 is 2.79 bits per heavy atom. The van der Waals surface area contributed by atoms with E-state index in [9.17, 15) is 0 Å². The molecule has 1 atom stereocenters. The van der Waals surface area contributed by atoms with Gasteiger partial charge in [-0.15, -0.1) is 0 Å². The zero-order chi connectivity index (χ0) is 13.0. The van der Waals surface area contributed by atoms with Crippen molar-refractivity contribution in [3.63, 3.8) is 0 Å². The quantitative estimate of drug-likeness (QED) is 0.881. The maximum absolute atomic E-state index is 3.58. The maximum Gasteiger partial charge on any atom is 0.0437 e. The first-order valence-electron chi connectivity index (χ1n) is 6.93. The Bertz CT molecular complexity index is 528. The standard InChI is InChI=1S/C16H24N2.CH4/c1-4-6-9-15-13(11-14-8-7-10-17-14)12-18(3)16(15)5-2;/h4-6,9,12,14,17H,7-8,10-11H2,1-3H3;1H4/b6-4-,15-9-,16-5+;. The summed E-state index contributed by atoms with van der Waals surface area (Å²) in [6, 6.07) is 0.662. The summed E-state index contributed by atoms with van der Waals surface area (Å²) in [6.45, 7) is 5.35. The van der Waals surface area contributed by atoms with Gasteiger partial charge in [-0.1, -0.05) is 31.7 Å². The first-order valence-corrected chi connectivity index (χ1v) is 6.93. The third kappa shape index (κ3) is 3.60. The molecule has 2 rings (SSSR count). The van der Waals surface area contributed by atoms with Crippen molar-refractivity contribution in [2.75, 3.05) is 6.54 Å². The maximum atomic E-state index is 3.58. The highest BCUT2D eigenvalue weighted by Gasteiger charge is 2.15. The van der Waals surface area contributed by atoms with Gasteiger partial charge in [-0.25, -0.2) is 0 Å². The van der Waals surface area contributed by atoms with Gasteiger partial charge in [0.15, 0.2) is 0 Å². The fourth-order valence-corrected chi connectivity index (χ4v) is 2.83. The average Bonchev–Trinajstić information content (AvgIpc) is 2.95. The van der Waals surface area contributed by atoms with E-state index in [0.717, 1.165) is 6.42 Å². The monoisotopic (exact) mass is 260 g/mol. The number of allylic oxidation sites excluding steroid dienone is 2. The smallest absolute Gasteiger partial charge is 0.0437 e. The van der Waals surface area contributed by atoms with Crippen LogP contribution in [0.2, 0.25) is 0 Å². The number of aromatic nitrogens is 1. The Kier molecular flexibility index (Phi) is 6.10. The van der Waals surface area contributed by atoms with E-state index < -0.39 is 0 Å². The normalized spacial score (nSPS) is 21.3. The second-order valence-electron chi connectivity index (χ2n) is 5.04. The number of aryl methyl sites for hydroxylation is 1. The van der Waals surface area contributed by atoms with Gasteiger partial charge in [0.1, 0.15) is 0 Å². The van der Waals surface area contributed by atoms with E-state index in [2.05, 4.69) is 61.3 Å². The van der Waals surface area contributed by atoms with Crippen molar-refractivity contribution in [3.05, 3.63) is 34.5 Å². The summed E-state index contributed by atoms with van der Waals surface area (Å²) >= 11 is 0. The van der Waals surface area contributed by atoms with Gasteiger partial charge in [0.05, 0.1) is 0 Å². The minimum absolute atomic E-state index is 0. The van der Waals surface area contributed by atoms with Crippen LogP contribution < -0.4 is 15.9 Å². The van der Waals surface area contributed by atoms with Crippen LogP contribution in [-0.4, -0.2) is 17.2 Å². The molecular weight excluding hydrogens is 232 g/mol. The molecule has 2 nitrogen and oxygen atoms in total. The van der Waals surface area contributed by atoms with E-state index in [-0.39, 0.29) is 7.43 Å². The molecule has 106 valence electrons. The van der Waals surface area contributed by atoms with Gasteiger partial charge < -0.3 is 9.88 Å². The summed E-state index contributed by atoms with van der Waals surface area (Å²) < 4.78 is 2.24. The van der Waals surface area contributed by atoms with E-state index in [1.807, 2.05) is 0 Å². The second kappa shape index (κ2) is 7.34. The molecule has 1 fully saturated rings. The fraction of sp³-hybridized carbons (Fsp3) is 0.529. The van der Waals surface area contributed by atoms with Crippen LogP contribution in [0.4, 0.5) is 0 Å². The highest BCUT2D eigenvalue weighted by atomic mass is 14.9. The fourth-order valence-electron chi connectivity index (χ4n) is 2.83. The molecule has 2 heterocycles. The molecule has 0 aromatic carbocycles. The van der Waals surface area contributed by atoms with Crippen LogP contribution in [-0.2, 0) is 13.5 Å². The van der Waals surface area contributed by atoms with Crippen molar-refractivity contribution >= 4 is 12.2 Å². The summed E-state index contributed by atoms with van der Waals surface area (Å²) in [5.74, 6) is 0. The number of nitrogens with zero attached hydrogens (tertiary/aromatic N) is 1. The Hall–Kier alpha value is -1.28. The number of hydrogen-bond acceptors (Lipinski definition) is 1. The van der Waals surface area contributed by atoms with E-state index in [1.165, 1.54) is 35.5 Å². The van der Waals surface area contributed by atoms with E-state index >= 15 is 0 Å². The molecule has 0 aliphatic carbocycles. The summed E-state index contributed by atoms with van der Waals surface area (Å²) in [7, 11) is 2.13. The highest BCUT2D eigenvalue weighted by molar-refractivity contribution is 5.41. The van der Waals surface area contributed by atoms with Crippen molar-refractivity contribution in [2.45, 2.75) is 46.6 Å². The van der Waals surface area contributed by atoms with Crippen LogP contribution in [0.15, 0.2) is 18.3 Å². The predicted molar refractivity (Wildman–Crippen MR) is 85.5 cm³/mol. The molecule has 0 amide bonds. The van der Waals surface area contributed by atoms with Crippen LogP contribution in [0, 0.1) is 0 Å². The zero-order valence-electron chi connectivity index (χ0n) is 11.7. The number of hydrogen-bond donors (Lipinski definition) is 1. The molecule has 1 unspecified atom stereocenters. The van der Waals surface area contributed by atoms with Gasteiger partial charge >= 0.3 is 0 Å². The van der Waals surface area contributed by atoms with Gasteiger partial charge in [-0.2, -0.15) is 0 Å².